The summed E-state index contributed by atoms with van der Waals surface area (Å²) < 4.78 is 13.3. The van der Waals surface area contributed by atoms with Crippen molar-refractivity contribution in [2.24, 2.45) is 0 Å². The van der Waals surface area contributed by atoms with E-state index in [1.54, 1.807) is 48.5 Å². The lowest BCUT2D eigenvalue weighted by molar-refractivity contribution is -0.386. The van der Waals surface area contributed by atoms with Crippen molar-refractivity contribution in [1.82, 2.24) is 19.5 Å². The number of benzene rings is 2. The van der Waals surface area contributed by atoms with E-state index >= 15 is 0 Å². The molecule has 2 aromatic carbocycles. The Morgan fingerprint density at radius 2 is 1.89 bits per heavy atom. The summed E-state index contributed by atoms with van der Waals surface area (Å²) in [6.45, 7) is -0.667. The fourth-order valence-electron chi connectivity index (χ4n) is 4.17. The summed E-state index contributed by atoms with van der Waals surface area (Å²) in [5.74, 6) is -0.207. The zero-order chi connectivity index (χ0) is 25.9. The van der Waals surface area contributed by atoms with Crippen LogP contribution in [0.4, 0.5) is 11.5 Å². The summed E-state index contributed by atoms with van der Waals surface area (Å²) in [5.41, 5.74) is 1.19. The van der Waals surface area contributed by atoms with Crippen LogP contribution in [0.1, 0.15) is 22.1 Å². The minimum absolute atomic E-state index is 0.120. The van der Waals surface area contributed by atoms with Gasteiger partial charge in [0.05, 0.1) is 30.0 Å². The topological polar surface area (TPSA) is 175 Å². The number of fused-ring (bicyclic) bond motifs is 1. The maximum Gasteiger partial charge on any atom is 0.274 e. The second-order valence-corrected chi connectivity index (χ2v) is 8.27. The molecule has 0 saturated carbocycles. The van der Waals surface area contributed by atoms with Crippen LogP contribution in [-0.4, -0.2) is 65.5 Å². The number of aliphatic hydroxyl groups is 2. The lowest BCUT2D eigenvalue weighted by Crippen LogP contribution is -2.35. The lowest BCUT2D eigenvalue weighted by atomic mass is 10.1. The van der Waals surface area contributed by atoms with E-state index in [-0.39, 0.29) is 35.2 Å². The molecule has 0 unspecified atom stereocenters. The van der Waals surface area contributed by atoms with Crippen molar-refractivity contribution >= 4 is 28.6 Å². The average Bonchev–Trinajstić information content (AvgIpc) is 3.49. The zero-order valence-corrected chi connectivity index (χ0v) is 19.2. The molecule has 0 bridgehead atoms. The molecule has 0 radical (unpaired) electrons. The van der Waals surface area contributed by atoms with Crippen LogP contribution in [0.25, 0.3) is 11.2 Å². The third kappa shape index (κ3) is 4.75. The monoisotopic (exact) mass is 506 g/mol. The Bertz CT molecular complexity index is 1430. The number of aromatic nitrogens is 4. The maximum atomic E-state index is 12.6. The van der Waals surface area contributed by atoms with Crippen molar-refractivity contribution in [2.75, 3.05) is 11.9 Å². The van der Waals surface area contributed by atoms with Gasteiger partial charge in [-0.3, -0.25) is 19.5 Å². The molecule has 2 aromatic heterocycles. The van der Waals surface area contributed by atoms with Gasteiger partial charge in [-0.2, -0.15) is 0 Å². The van der Waals surface area contributed by atoms with Crippen LogP contribution in [0.5, 0.6) is 0 Å². The molecular weight excluding hydrogens is 484 g/mol. The fourth-order valence-corrected chi connectivity index (χ4v) is 4.17. The van der Waals surface area contributed by atoms with Crippen molar-refractivity contribution in [1.29, 1.82) is 0 Å². The molecule has 0 spiro atoms. The molecule has 13 heteroatoms. The van der Waals surface area contributed by atoms with Crippen molar-refractivity contribution < 1.29 is 29.4 Å². The highest BCUT2D eigenvalue weighted by atomic mass is 16.6. The Labute approximate surface area is 209 Å². The van der Waals surface area contributed by atoms with E-state index in [4.69, 9.17) is 9.47 Å². The summed E-state index contributed by atoms with van der Waals surface area (Å²) in [6.07, 6.45) is -1.57. The number of hydrogen-bond acceptors (Lipinski definition) is 10. The van der Waals surface area contributed by atoms with Crippen LogP contribution in [0.15, 0.2) is 67.3 Å². The van der Waals surface area contributed by atoms with Crippen LogP contribution in [0, 0.1) is 10.1 Å². The molecule has 5 rings (SSSR count). The van der Waals surface area contributed by atoms with Gasteiger partial charge in [0.2, 0.25) is 0 Å². The van der Waals surface area contributed by atoms with Crippen molar-refractivity contribution in [3.05, 3.63) is 88.5 Å². The Morgan fingerprint density at radius 1 is 1.14 bits per heavy atom. The van der Waals surface area contributed by atoms with Gasteiger partial charge in [-0.25, -0.2) is 15.0 Å². The van der Waals surface area contributed by atoms with E-state index in [0.29, 0.717) is 11.1 Å². The van der Waals surface area contributed by atoms with Gasteiger partial charge in [0, 0.05) is 11.6 Å². The van der Waals surface area contributed by atoms with E-state index < -0.39 is 36.1 Å². The lowest BCUT2D eigenvalue weighted by Gasteiger charge is -2.22. The van der Waals surface area contributed by atoms with Gasteiger partial charge in [-0.1, -0.05) is 30.3 Å². The highest BCUT2D eigenvalue weighted by Crippen LogP contribution is 2.35. The number of hydrogen-bond donors (Lipinski definition) is 3. The number of nitrogens with zero attached hydrogens (tertiary/aromatic N) is 5. The molecule has 4 aromatic rings. The molecule has 0 aliphatic carbocycles. The summed E-state index contributed by atoms with van der Waals surface area (Å²) in [5, 5.41) is 34.6. The van der Waals surface area contributed by atoms with Crippen molar-refractivity contribution in [3.8, 4) is 0 Å². The molecule has 3 N–H and O–H groups in total. The van der Waals surface area contributed by atoms with Crippen LogP contribution < -0.4 is 5.32 Å². The molecule has 4 atom stereocenters. The summed E-state index contributed by atoms with van der Waals surface area (Å²) in [7, 11) is 0. The minimum Gasteiger partial charge on any atom is -0.394 e. The Hall–Kier alpha value is -4.30. The molecule has 190 valence electrons. The normalized spacial score (nSPS) is 21.2. The second kappa shape index (κ2) is 10.4. The molecule has 1 aliphatic rings. The van der Waals surface area contributed by atoms with Crippen LogP contribution in [0.2, 0.25) is 0 Å². The van der Waals surface area contributed by atoms with Crippen LogP contribution in [-0.2, 0) is 16.1 Å². The third-order valence-corrected chi connectivity index (χ3v) is 6.01. The second-order valence-electron chi connectivity index (χ2n) is 8.27. The first kappa shape index (κ1) is 24.4. The smallest absolute Gasteiger partial charge is 0.274 e. The first-order chi connectivity index (χ1) is 18.0. The van der Waals surface area contributed by atoms with Gasteiger partial charge in [0.1, 0.15) is 24.6 Å². The Balaban J connectivity index is 1.43. The number of amides is 1. The molecule has 1 saturated heterocycles. The van der Waals surface area contributed by atoms with Gasteiger partial charge in [-0.05, 0) is 18.2 Å². The van der Waals surface area contributed by atoms with Gasteiger partial charge in [0.25, 0.3) is 11.6 Å². The third-order valence-electron chi connectivity index (χ3n) is 6.01. The maximum absolute atomic E-state index is 12.6. The fraction of sp³-hybridized carbons (Fsp3) is 0.250. The van der Waals surface area contributed by atoms with Crippen LogP contribution >= 0.6 is 0 Å². The number of rotatable bonds is 8. The van der Waals surface area contributed by atoms with Gasteiger partial charge >= 0.3 is 0 Å². The number of ether oxygens (including phenoxy) is 2. The molecule has 1 aliphatic heterocycles. The number of carbonyl (C=O) groups excluding carboxylic acids is 1. The van der Waals surface area contributed by atoms with Crippen molar-refractivity contribution in [3.63, 3.8) is 0 Å². The molecular formula is C24H22N6O7. The van der Waals surface area contributed by atoms with E-state index in [0.717, 1.165) is 0 Å². The summed E-state index contributed by atoms with van der Waals surface area (Å²) in [6, 6.07) is 14.7. The molecule has 1 fully saturated rings. The number of imidazole rings is 1. The quantitative estimate of drug-likeness (QED) is 0.236. The highest BCUT2D eigenvalue weighted by Gasteiger charge is 2.46. The van der Waals surface area contributed by atoms with E-state index in [9.17, 15) is 25.1 Å². The number of nitro benzene ring substituents is 1. The largest absolute Gasteiger partial charge is 0.394 e. The summed E-state index contributed by atoms with van der Waals surface area (Å²) >= 11 is 0. The first-order valence-electron chi connectivity index (χ1n) is 11.3. The number of aliphatic hydroxyl groups excluding tert-OH is 2. The van der Waals surface area contributed by atoms with E-state index in [2.05, 4.69) is 20.3 Å². The van der Waals surface area contributed by atoms with Gasteiger partial charge < -0.3 is 25.0 Å². The number of anilines is 1. The Morgan fingerprint density at radius 3 is 2.65 bits per heavy atom. The number of nitrogens with one attached hydrogen (secondary N) is 1. The molecule has 3 heterocycles. The predicted octanol–water partition coefficient (Wildman–Crippen LogP) is 1.82. The van der Waals surface area contributed by atoms with Crippen LogP contribution in [0.3, 0.4) is 0 Å². The summed E-state index contributed by atoms with van der Waals surface area (Å²) in [4.78, 5) is 36.2. The number of para-hydroxylation sites is 1. The average molecular weight is 506 g/mol. The number of carbonyl (C=O) groups is 1. The highest BCUT2D eigenvalue weighted by molar-refractivity contribution is 6.06. The Kier molecular flexibility index (Phi) is 6.83. The SMILES string of the molecule is O=C(Nc1ncnc2c1ncn2[C@@H]1O[C@H](CO)[C@@H](O)[C@H]1OCc1ccccc1[N+](=O)[O-])c1ccccc1. The standard InChI is InChI=1S/C24H22N6O7/c31-10-17-19(32)20(36-11-15-8-4-5-9-16(15)30(34)35)24(37-17)29-13-27-18-21(25-12-26-22(18)29)28-23(33)14-6-2-1-3-7-14/h1-9,12-13,17,19-20,24,31-32H,10-11H2,(H,25,26,28,33)/t17-,19-,20-,24-/m1/s1. The van der Waals surface area contributed by atoms with E-state index in [1.807, 2.05) is 0 Å². The first-order valence-corrected chi connectivity index (χ1v) is 11.3. The number of nitro groups is 1. The molecule has 1 amide bonds. The van der Waals surface area contributed by atoms with Gasteiger partial charge in [-0.15, -0.1) is 0 Å². The molecule has 13 nitrogen and oxygen atoms in total. The van der Waals surface area contributed by atoms with E-state index in [1.165, 1.54) is 23.3 Å². The van der Waals surface area contributed by atoms with Gasteiger partial charge in [0.15, 0.2) is 23.2 Å². The van der Waals surface area contributed by atoms with Crippen molar-refractivity contribution in [2.45, 2.75) is 31.1 Å². The minimum atomic E-state index is -1.24. The zero-order valence-electron chi connectivity index (χ0n) is 19.2. The predicted molar refractivity (Wildman–Crippen MR) is 128 cm³/mol. The molecule has 37 heavy (non-hydrogen) atoms.